The number of pyridine rings is 1. The van der Waals surface area contributed by atoms with E-state index in [1.807, 2.05) is 44.2 Å². The zero-order valence-electron chi connectivity index (χ0n) is 13.3. The SMILES string of the molecule is Cc1cc(C(=O)N(C)CCC(O)c2ccccc2)cc(C)n1. The smallest absolute Gasteiger partial charge is 0.253 e. The number of carbonyl (C=O) groups excluding carboxylic acids is 1. The van der Waals surface area contributed by atoms with Crippen LogP contribution in [0.15, 0.2) is 42.5 Å². The number of aryl methyl sites for hydroxylation is 2. The van der Waals surface area contributed by atoms with Crippen molar-refractivity contribution in [2.45, 2.75) is 26.4 Å². The van der Waals surface area contributed by atoms with Gasteiger partial charge in [-0.05, 0) is 38.0 Å². The van der Waals surface area contributed by atoms with E-state index in [0.717, 1.165) is 17.0 Å². The molecule has 22 heavy (non-hydrogen) atoms. The van der Waals surface area contributed by atoms with Crippen LogP contribution in [-0.4, -0.2) is 34.5 Å². The summed E-state index contributed by atoms with van der Waals surface area (Å²) in [4.78, 5) is 18.3. The van der Waals surface area contributed by atoms with Crippen LogP contribution in [0.25, 0.3) is 0 Å². The van der Waals surface area contributed by atoms with Gasteiger partial charge in [0.15, 0.2) is 0 Å². The molecular weight excluding hydrogens is 276 g/mol. The molecule has 1 heterocycles. The normalized spacial score (nSPS) is 12.0. The van der Waals surface area contributed by atoms with Gasteiger partial charge in [0.2, 0.25) is 0 Å². The van der Waals surface area contributed by atoms with E-state index in [1.165, 1.54) is 0 Å². The summed E-state index contributed by atoms with van der Waals surface area (Å²) in [6.07, 6.45) is -0.0488. The average molecular weight is 298 g/mol. The number of hydrogen-bond acceptors (Lipinski definition) is 3. The summed E-state index contributed by atoms with van der Waals surface area (Å²) in [5, 5.41) is 10.2. The summed E-state index contributed by atoms with van der Waals surface area (Å²) in [5.41, 5.74) is 3.18. The molecule has 0 saturated carbocycles. The van der Waals surface area contributed by atoms with Crippen LogP contribution in [-0.2, 0) is 0 Å². The largest absolute Gasteiger partial charge is 0.388 e. The van der Waals surface area contributed by atoms with E-state index < -0.39 is 6.10 Å². The highest BCUT2D eigenvalue weighted by molar-refractivity contribution is 5.94. The Morgan fingerprint density at radius 1 is 1.18 bits per heavy atom. The quantitative estimate of drug-likeness (QED) is 0.923. The molecule has 1 unspecified atom stereocenters. The number of aromatic nitrogens is 1. The van der Waals surface area contributed by atoms with E-state index in [1.54, 1.807) is 24.1 Å². The van der Waals surface area contributed by atoms with Gasteiger partial charge in [-0.25, -0.2) is 0 Å². The molecule has 1 N–H and O–H groups in total. The minimum atomic E-state index is -0.558. The third kappa shape index (κ3) is 4.15. The second-order valence-corrected chi connectivity index (χ2v) is 5.58. The highest BCUT2D eigenvalue weighted by Gasteiger charge is 2.15. The second-order valence-electron chi connectivity index (χ2n) is 5.58. The minimum Gasteiger partial charge on any atom is -0.388 e. The standard InChI is InChI=1S/C18H22N2O2/c1-13-11-16(12-14(2)19-13)18(22)20(3)10-9-17(21)15-7-5-4-6-8-15/h4-8,11-12,17,21H,9-10H2,1-3H3. The molecule has 0 radical (unpaired) electrons. The van der Waals surface area contributed by atoms with Crippen molar-refractivity contribution in [3.8, 4) is 0 Å². The molecule has 0 aliphatic carbocycles. The van der Waals surface area contributed by atoms with Gasteiger partial charge in [0, 0.05) is 30.5 Å². The van der Waals surface area contributed by atoms with E-state index in [0.29, 0.717) is 18.5 Å². The molecule has 1 amide bonds. The Kier molecular flexibility index (Phi) is 5.28. The topological polar surface area (TPSA) is 53.4 Å². The summed E-state index contributed by atoms with van der Waals surface area (Å²) in [6, 6.07) is 13.1. The van der Waals surface area contributed by atoms with Crippen LogP contribution >= 0.6 is 0 Å². The maximum absolute atomic E-state index is 12.4. The number of amides is 1. The van der Waals surface area contributed by atoms with Crippen LogP contribution in [0.1, 0.15) is 39.8 Å². The summed E-state index contributed by atoms with van der Waals surface area (Å²) in [5.74, 6) is -0.0474. The van der Waals surface area contributed by atoms with Gasteiger partial charge in [0.1, 0.15) is 0 Å². The first-order chi connectivity index (χ1) is 10.5. The Morgan fingerprint density at radius 3 is 2.36 bits per heavy atom. The molecule has 4 nitrogen and oxygen atoms in total. The molecule has 0 aliphatic heterocycles. The molecule has 0 bridgehead atoms. The molecule has 0 aliphatic rings. The number of hydrogen-bond donors (Lipinski definition) is 1. The summed E-state index contributed by atoms with van der Waals surface area (Å²) in [6.45, 7) is 4.25. The zero-order chi connectivity index (χ0) is 16.1. The first kappa shape index (κ1) is 16.2. The Balaban J connectivity index is 1.97. The average Bonchev–Trinajstić information content (AvgIpc) is 2.51. The molecule has 1 atom stereocenters. The van der Waals surface area contributed by atoms with Gasteiger partial charge < -0.3 is 10.0 Å². The van der Waals surface area contributed by atoms with Crippen LogP contribution in [0.3, 0.4) is 0 Å². The summed E-state index contributed by atoms with van der Waals surface area (Å²) >= 11 is 0. The number of nitrogens with zero attached hydrogens (tertiary/aromatic N) is 2. The van der Waals surface area contributed by atoms with Crippen molar-refractivity contribution in [1.29, 1.82) is 0 Å². The van der Waals surface area contributed by atoms with Crippen molar-refractivity contribution in [2.24, 2.45) is 0 Å². The van der Waals surface area contributed by atoms with Gasteiger partial charge >= 0.3 is 0 Å². The lowest BCUT2D eigenvalue weighted by molar-refractivity contribution is 0.0761. The second kappa shape index (κ2) is 7.18. The number of carbonyl (C=O) groups is 1. The lowest BCUT2D eigenvalue weighted by atomic mass is 10.1. The van der Waals surface area contributed by atoms with Crippen LogP contribution in [0.5, 0.6) is 0 Å². The van der Waals surface area contributed by atoms with Crippen LogP contribution in [0, 0.1) is 13.8 Å². The number of rotatable bonds is 5. The molecule has 1 aromatic carbocycles. The number of aliphatic hydroxyl groups is 1. The molecule has 1 aromatic heterocycles. The van der Waals surface area contributed by atoms with E-state index in [4.69, 9.17) is 0 Å². The number of benzene rings is 1. The monoisotopic (exact) mass is 298 g/mol. The van der Waals surface area contributed by atoms with Crippen molar-refractivity contribution in [3.05, 3.63) is 65.0 Å². The Hall–Kier alpha value is -2.20. The maximum Gasteiger partial charge on any atom is 0.253 e. The zero-order valence-corrected chi connectivity index (χ0v) is 13.3. The van der Waals surface area contributed by atoms with Gasteiger partial charge in [0.05, 0.1) is 6.10 Å². The number of aliphatic hydroxyl groups excluding tert-OH is 1. The van der Waals surface area contributed by atoms with Crippen molar-refractivity contribution in [2.75, 3.05) is 13.6 Å². The molecule has 116 valence electrons. The van der Waals surface area contributed by atoms with Crippen LogP contribution in [0.2, 0.25) is 0 Å². The highest BCUT2D eigenvalue weighted by Crippen LogP contribution is 2.17. The molecule has 2 rings (SSSR count). The van der Waals surface area contributed by atoms with Crippen molar-refractivity contribution < 1.29 is 9.90 Å². The maximum atomic E-state index is 12.4. The van der Waals surface area contributed by atoms with Crippen molar-refractivity contribution in [3.63, 3.8) is 0 Å². The van der Waals surface area contributed by atoms with Crippen LogP contribution < -0.4 is 0 Å². The van der Waals surface area contributed by atoms with Gasteiger partial charge in [-0.15, -0.1) is 0 Å². The van der Waals surface area contributed by atoms with E-state index in [-0.39, 0.29) is 5.91 Å². The molecule has 0 saturated heterocycles. The molecule has 0 spiro atoms. The van der Waals surface area contributed by atoms with E-state index in [9.17, 15) is 9.90 Å². The third-order valence-corrected chi connectivity index (χ3v) is 3.60. The molecule has 0 fully saturated rings. The first-order valence-electron chi connectivity index (χ1n) is 7.41. The predicted molar refractivity (Wildman–Crippen MR) is 86.7 cm³/mol. The lowest BCUT2D eigenvalue weighted by Crippen LogP contribution is -2.29. The summed E-state index contributed by atoms with van der Waals surface area (Å²) < 4.78 is 0. The Bertz CT molecular complexity index is 621. The van der Waals surface area contributed by atoms with Gasteiger partial charge in [0.25, 0.3) is 5.91 Å². The Morgan fingerprint density at radius 2 is 1.77 bits per heavy atom. The molecule has 2 aromatic rings. The van der Waals surface area contributed by atoms with Crippen molar-refractivity contribution >= 4 is 5.91 Å². The minimum absolute atomic E-state index is 0.0474. The molecular formula is C18H22N2O2. The van der Waals surface area contributed by atoms with Gasteiger partial charge in [-0.2, -0.15) is 0 Å². The fraction of sp³-hybridized carbons (Fsp3) is 0.333. The van der Waals surface area contributed by atoms with Gasteiger partial charge in [-0.1, -0.05) is 30.3 Å². The highest BCUT2D eigenvalue weighted by atomic mass is 16.3. The van der Waals surface area contributed by atoms with Crippen LogP contribution in [0.4, 0.5) is 0 Å². The lowest BCUT2D eigenvalue weighted by Gasteiger charge is -2.20. The fourth-order valence-corrected chi connectivity index (χ4v) is 2.44. The van der Waals surface area contributed by atoms with E-state index in [2.05, 4.69) is 4.98 Å². The fourth-order valence-electron chi connectivity index (χ4n) is 2.44. The Labute approximate surface area is 131 Å². The summed E-state index contributed by atoms with van der Waals surface area (Å²) in [7, 11) is 1.76. The first-order valence-corrected chi connectivity index (χ1v) is 7.41. The third-order valence-electron chi connectivity index (χ3n) is 3.60. The van der Waals surface area contributed by atoms with Crippen molar-refractivity contribution in [1.82, 2.24) is 9.88 Å². The van der Waals surface area contributed by atoms with Gasteiger partial charge in [-0.3, -0.25) is 9.78 Å². The predicted octanol–water partition coefficient (Wildman–Crippen LogP) is 2.89. The molecule has 4 heteroatoms. The van der Waals surface area contributed by atoms with E-state index >= 15 is 0 Å².